The molecule has 0 radical (unpaired) electrons. The van der Waals surface area contributed by atoms with Crippen molar-refractivity contribution in [1.29, 1.82) is 0 Å². The Morgan fingerprint density at radius 3 is 2.72 bits per heavy atom. The van der Waals surface area contributed by atoms with E-state index < -0.39 is 0 Å². The molecule has 0 aromatic carbocycles. The molecule has 2 fully saturated rings. The molecule has 4 nitrogen and oxygen atoms in total. The van der Waals surface area contributed by atoms with E-state index in [1.807, 2.05) is 13.8 Å². The van der Waals surface area contributed by atoms with Crippen molar-refractivity contribution in [2.24, 2.45) is 5.92 Å². The van der Waals surface area contributed by atoms with Gasteiger partial charge in [0.05, 0.1) is 6.10 Å². The fourth-order valence-electron chi connectivity index (χ4n) is 3.06. The number of hydrogen-bond acceptors (Lipinski definition) is 4. The van der Waals surface area contributed by atoms with E-state index in [4.69, 9.17) is 14.2 Å². The monoisotopic (exact) mass is 257 g/mol. The van der Waals surface area contributed by atoms with Crippen molar-refractivity contribution in [1.82, 2.24) is 4.90 Å². The van der Waals surface area contributed by atoms with E-state index in [-0.39, 0.29) is 6.29 Å². The van der Waals surface area contributed by atoms with Gasteiger partial charge in [-0.15, -0.1) is 0 Å². The van der Waals surface area contributed by atoms with Crippen LogP contribution in [0.5, 0.6) is 0 Å². The number of likely N-dealkylation sites (tertiary alicyclic amines) is 1. The van der Waals surface area contributed by atoms with Gasteiger partial charge in [0.25, 0.3) is 0 Å². The highest BCUT2D eigenvalue weighted by Crippen LogP contribution is 2.28. The van der Waals surface area contributed by atoms with Crippen LogP contribution in [-0.4, -0.2) is 56.7 Å². The van der Waals surface area contributed by atoms with E-state index in [0.717, 1.165) is 38.6 Å². The summed E-state index contributed by atoms with van der Waals surface area (Å²) >= 11 is 0. The minimum absolute atomic E-state index is 0.0685. The van der Waals surface area contributed by atoms with Crippen LogP contribution in [0.1, 0.15) is 33.1 Å². The van der Waals surface area contributed by atoms with E-state index in [1.54, 1.807) is 0 Å². The molecule has 4 heteroatoms. The minimum atomic E-state index is -0.0685. The molecule has 0 saturated carbocycles. The zero-order chi connectivity index (χ0) is 12.8. The van der Waals surface area contributed by atoms with Gasteiger partial charge in [0, 0.05) is 39.5 Å². The lowest BCUT2D eigenvalue weighted by Gasteiger charge is -2.41. The molecule has 0 N–H and O–H groups in total. The van der Waals surface area contributed by atoms with E-state index >= 15 is 0 Å². The summed E-state index contributed by atoms with van der Waals surface area (Å²) in [5.74, 6) is 0.719. The second kappa shape index (κ2) is 7.43. The zero-order valence-corrected chi connectivity index (χ0v) is 11.8. The molecule has 0 spiro atoms. The molecule has 106 valence electrons. The fraction of sp³-hybridized carbons (Fsp3) is 1.00. The van der Waals surface area contributed by atoms with Gasteiger partial charge in [-0.1, -0.05) is 0 Å². The van der Waals surface area contributed by atoms with Gasteiger partial charge in [0.1, 0.15) is 0 Å². The minimum Gasteiger partial charge on any atom is -0.378 e. The van der Waals surface area contributed by atoms with Gasteiger partial charge in [0.15, 0.2) is 6.29 Å². The van der Waals surface area contributed by atoms with Gasteiger partial charge in [0.2, 0.25) is 0 Å². The van der Waals surface area contributed by atoms with E-state index in [0.29, 0.717) is 19.3 Å². The maximum atomic E-state index is 5.84. The molecule has 2 heterocycles. The highest BCUT2D eigenvalue weighted by molar-refractivity contribution is 4.83. The van der Waals surface area contributed by atoms with Gasteiger partial charge in [-0.25, -0.2) is 0 Å². The lowest BCUT2D eigenvalue weighted by Crippen LogP contribution is -2.49. The third kappa shape index (κ3) is 3.92. The largest absolute Gasteiger partial charge is 0.378 e. The highest BCUT2D eigenvalue weighted by atomic mass is 16.7. The average molecular weight is 257 g/mol. The first-order chi connectivity index (χ1) is 8.83. The third-order valence-electron chi connectivity index (χ3n) is 3.91. The SMILES string of the molecule is CCOC(CN1CCC2OCCCC2C1)OCC. The highest BCUT2D eigenvalue weighted by Gasteiger charge is 2.32. The van der Waals surface area contributed by atoms with Gasteiger partial charge in [-0.05, 0) is 39.0 Å². The standard InChI is InChI=1S/C14H27NO3/c1-3-16-14(17-4-2)11-15-8-7-13-12(10-15)6-5-9-18-13/h12-14H,3-11H2,1-2H3. The summed E-state index contributed by atoms with van der Waals surface area (Å²) in [5, 5.41) is 0. The van der Waals surface area contributed by atoms with Crippen LogP contribution in [0.3, 0.4) is 0 Å². The van der Waals surface area contributed by atoms with Crippen LogP contribution in [0.4, 0.5) is 0 Å². The number of rotatable bonds is 6. The Morgan fingerprint density at radius 1 is 1.22 bits per heavy atom. The number of piperidine rings is 1. The number of fused-ring (bicyclic) bond motifs is 1. The second-order valence-electron chi connectivity index (χ2n) is 5.20. The first-order valence-electron chi connectivity index (χ1n) is 7.40. The van der Waals surface area contributed by atoms with Crippen molar-refractivity contribution < 1.29 is 14.2 Å². The van der Waals surface area contributed by atoms with Crippen molar-refractivity contribution in [3.05, 3.63) is 0 Å². The Kier molecular flexibility index (Phi) is 5.89. The Bertz CT molecular complexity index is 231. The summed E-state index contributed by atoms with van der Waals surface area (Å²) in [4.78, 5) is 2.48. The molecule has 2 aliphatic heterocycles. The molecule has 0 aliphatic carbocycles. The Balaban J connectivity index is 1.78. The summed E-state index contributed by atoms with van der Waals surface area (Å²) < 4.78 is 17.1. The van der Waals surface area contributed by atoms with E-state index in [9.17, 15) is 0 Å². The molecule has 0 aromatic rings. The van der Waals surface area contributed by atoms with Crippen LogP contribution >= 0.6 is 0 Å². The van der Waals surface area contributed by atoms with Gasteiger partial charge < -0.3 is 14.2 Å². The van der Waals surface area contributed by atoms with Crippen LogP contribution in [-0.2, 0) is 14.2 Å². The summed E-state index contributed by atoms with van der Waals surface area (Å²) in [6.07, 6.45) is 4.13. The van der Waals surface area contributed by atoms with Crippen LogP contribution in [0, 0.1) is 5.92 Å². The molecular weight excluding hydrogens is 230 g/mol. The molecule has 0 bridgehead atoms. The molecular formula is C14H27NO3. The first-order valence-corrected chi connectivity index (χ1v) is 7.40. The van der Waals surface area contributed by atoms with Gasteiger partial charge >= 0.3 is 0 Å². The van der Waals surface area contributed by atoms with Crippen molar-refractivity contribution in [2.75, 3.05) is 39.5 Å². The predicted octanol–water partition coefficient (Wildman–Crippen LogP) is 1.89. The normalized spacial score (nSPS) is 29.5. The molecule has 0 aromatic heterocycles. The van der Waals surface area contributed by atoms with E-state index in [1.165, 1.54) is 12.8 Å². The van der Waals surface area contributed by atoms with Crippen molar-refractivity contribution >= 4 is 0 Å². The molecule has 2 aliphatic rings. The number of nitrogens with zero attached hydrogens (tertiary/aromatic N) is 1. The molecule has 18 heavy (non-hydrogen) atoms. The van der Waals surface area contributed by atoms with Crippen LogP contribution in [0.25, 0.3) is 0 Å². The van der Waals surface area contributed by atoms with Crippen LogP contribution in [0.15, 0.2) is 0 Å². The Hall–Kier alpha value is -0.160. The molecule has 2 rings (SSSR count). The van der Waals surface area contributed by atoms with Crippen LogP contribution in [0.2, 0.25) is 0 Å². The fourth-order valence-corrected chi connectivity index (χ4v) is 3.06. The second-order valence-corrected chi connectivity index (χ2v) is 5.20. The van der Waals surface area contributed by atoms with Crippen molar-refractivity contribution in [2.45, 2.75) is 45.5 Å². The average Bonchev–Trinajstić information content (AvgIpc) is 2.39. The van der Waals surface area contributed by atoms with Crippen LogP contribution < -0.4 is 0 Å². The maximum absolute atomic E-state index is 5.84. The van der Waals surface area contributed by atoms with Crippen molar-refractivity contribution in [3.8, 4) is 0 Å². The molecule has 0 amide bonds. The molecule has 2 saturated heterocycles. The Labute approximate surface area is 111 Å². The summed E-state index contributed by atoms with van der Waals surface area (Å²) in [5.41, 5.74) is 0. The lowest BCUT2D eigenvalue weighted by molar-refractivity contribution is -0.156. The lowest BCUT2D eigenvalue weighted by atomic mass is 9.88. The number of hydrogen-bond donors (Lipinski definition) is 0. The smallest absolute Gasteiger partial charge is 0.170 e. The first kappa shape index (κ1) is 14.3. The zero-order valence-electron chi connectivity index (χ0n) is 11.8. The summed E-state index contributed by atoms with van der Waals surface area (Å²) in [6, 6.07) is 0. The number of ether oxygens (including phenoxy) is 3. The quantitative estimate of drug-likeness (QED) is 0.680. The molecule has 2 atom stereocenters. The van der Waals surface area contributed by atoms with Gasteiger partial charge in [-0.3, -0.25) is 4.90 Å². The van der Waals surface area contributed by atoms with E-state index in [2.05, 4.69) is 4.90 Å². The Morgan fingerprint density at radius 2 is 2.00 bits per heavy atom. The summed E-state index contributed by atoms with van der Waals surface area (Å²) in [7, 11) is 0. The summed E-state index contributed by atoms with van der Waals surface area (Å²) in [6.45, 7) is 9.58. The maximum Gasteiger partial charge on any atom is 0.170 e. The van der Waals surface area contributed by atoms with Gasteiger partial charge in [-0.2, -0.15) is 0 Å². The topological polar surface area (TPSA) is 30.9 Å². The third-order valence-corrected chi connectivity index (χ3v) is 3.91. The predicted molar refractivity (Wildman–Crippen MR) is 70.6 cm³/mol. The van der Waals surface area contributed by atoms with Crippen molar-refractivity contribution in [3.63, 3.8) is 0 Å². The molecule has 2 unspecified atom stereocenters.